The smallest absolute Gasteiger partial charge is 0.225 e. The first kappa shape index (κ1) is 7.27. The van der Waals surface area contributed by atoms with Crippen molar-refractivity contribution in [3.05, 3.63) is 0 Å². The molecular formula is C5H11NO2. The molecule has 0 amide bonds. The molecule has 0 aromatic heterocycles. The van der Waals surface area contributed by atoms with Gasteiger partial charge in [-0.2, -0.15) is 0 Å². The molecule has 0 spiro atoms. The van der Waals surface area contributed by atoms with E-state index in [0.717, 1.165) is 6.42 Å². The number of nitrogens with zero attached hydrogens (tertiary/aromatic N) is 1. The molecule has 0 aliphatic rings. The first-order valence-corrected chi connectivity index (χ1v) is 2.49. The number of ether oxygens (including phenoxy) is 1. The van der Waals surface area contributed by atoms with Crippen molar-refractivity contribution >= 4 is 5.90 Å². The van der Waals surface area contributed by atoms with Gasteiger partial charge in [0.05, 0.1) is 7.11 Å². The molecule has 3 nitrogen and oxygen atoms in total. The summed E-state index contributed by atoms with van der Waals surface area (Å²) in [6.45, 7) is 1.95. The molecule has 0 saturated carbocycles. The Morgan fingerprint density at radius 2 is 2.12 bits per heavy atom. The van der Waals surface area contributed by atoms with Gasteiger partial charge in [0.15, 0.2) is 0 Å². The van der Waals surface area contributed by atoms with Gasteiger partial charge >= 0.3 is 0 Å². The Kier molecular flexibility index (Phi) is 4.03. The van der Waals surface area contributed by atoms with Crippen LogP contribution in [0.1, 0.15) is 13.3 Å². The van der Waals surface area contributed by atoms with Crippen molar-refractivity contribution < 1.29 is 9.57 Å². The predicted molar refractivity (Wildman–Crippen MR) is 31.7 cm³/mol. The van der Waals surface area contributed by atoms with Gasteiger partial charge in [0.1, 0.15) is 7.11 Å². The Morgan fingerprint density at radius 3 is 2.25 bits per heavy atom. The number of rotatable bonds is 2. The van der Waals surface area contributed by atoms with Crippen LogP contribution in [0.2, 0.25) is 0 Å². The Bertz CT molecular complexity index is 74.5. The molecule has 3 heteroatoms. The topological polar surface area (TPSA) is 30.8 Å². The van der Waals surface area contributed by atoms with Gasteiger partial charge in [-0.25, -0.2) is 0 Å². The van der Waals surface area contributed by atoms with Crippen LogP contribution in [0.5, 0.6) is 0 Å². The van der Waals surface area contributed by atoms with Crippen molar-refractivity contribution in [1.29, 1.82) is 0 Å². The molecule has 0 heterocycles. The monoisotopic (exact) mass is 117 g/mol. The Labute approximate surface area is 49.3 Å². The summed E-state index contributed by atoms with van der Waals surface area (Å²) in [7, 11) is 3.07. The second kappa shape index (κ2) is 4.43. The van der Waals surface area contributed by atoms with Crippen LogP contribution in [-0.2, 0) is 9.57 Å². The summed E-state index contributed by atoms with van der Waals surface area (Å²) in [5.74, 6) is 0.618. The summed E-state index contributed by atoms with van der Waals surface area (Å²) in [4.78, 5) is 4.45. The number of hydrogen-bond donors (Lipinski definition) is 0. The van der Waals surface area contributed by atoms with E-state index in [4.69, 9.17) is 4.74 Å². The van der Waals surface area contributed by atoms with E-state index in [1.165, 1.54) is 7.11 Å². The Balaban J connectivity index is 3.49. The fourth-order valence-electron chi connectivity index (χ4n) is 0.348. The minimum atomic E-state index is 0.618. The van der Waals surface area contributed by atoms with E-state index in [1.807, 2.05) is 6.92 Å². The maximum absolute atomic E-state index is 4.76. The lowest BCUT2D eigenvalue weighted by Gasteiger charge is -1.96. The minimum Gasteiger partial charge on any atom is -0.482 e. The Morgan fingerprint density at radius 1 is 1.50 bits per heavy atom. The van der Waals surface area contributed by atoms with Crippen LogP contribution >= 0.6 is 0 Å². The third kappa shape index (κ3) is 2.44. The highest BCUT2D eigenvalue weighted by atomic mass is 16.6. The number of hydrogen-bond acceptors (Lipinski definition) is 3. The van der Waals surface area contributed by atoms with Crippen molar-refractivity contribution in [2.45, 2.75) is 13.3 Å². The molecule has 0 rings (SSSR count). The third-order valence-corrected chi connectivity index (χ3v) is 0.731. The normalized spacial score (nSPS) is 11.1. The number of oxime groups is 1. The van der Waals surface area contributed by atoms with Crippen molar-refractivity contribution in [2.24, 2.45) is 5.16 Å². The van der Waals surface area contributed by atoms with Crippen molar-refractivity contribution in [3.63, 3.8) is 0 Å². The molecule has 0 saturated heterocycles. The highest BCUT2D eigenvalue weighted by Gasteiger charge is 1.89. The highest BCUT2D eigenvalue weighted by molar-refractivity contribution is 5.74. The van der Waals surface area contributed by atoms with E-state index >= 15 is 0 Å². The standard InChI is InChI=1S/C5H11NO2/c1-4-5(7-2)6-8-3/h4H2,1-3H3. The fourth-order valence-corrected chi connectivity index (χ4v) is 0.348. The first-order chi connectivity index (χ1) is 3.85. The zero-order valence-corrected chi connectivity index (χ0v) is 5.47. The van der Waals surface area contributed by atoms with Crippen LogP contribution in [-0.4, -0.2) is 20.1 Å². The van der Waals surface area contributed by atoms with Crippen LogP contribution in [0, 0.1) is 0 Å². The van der Waals surface area contributed by atoms with Gasteiger partial charge in [0.25, 0.3) is 0 Å². The van der Waals surface area contributed by atoms with Crippen LogP contribution in [0.4, 0.5) is 0 Å². The zero-order chi connectivity index (χ0) is 6.41. The van der Waals surface area contributed by atoms with Crippen molar-refractivity contribution in [2.75, 3.05) is 14.2 Å². The van der Waals surface area contributed by atoms with E-state index in [9.17, 15) is 0 Å². The summed E-state index contributed by atoms with van der Waals surface area (Å²) >= 11 is 0. The van der Waals surface area contributed by atoms with Gasteiger partial charge in [0, 0.05) is 6.42 Å². The van der Waals surface area contributed by atoms with Gasteiger partial charge < -0.3 is 9.57 Å². The van der Waals surface area contributed by atoms with E-state index < -0.39 is 0 Å². The van der Waals surface area contributed by atoms with Gasteiger partial charge in [-0.1, -0.05) is 12.1 Å². The summed E-state index contributed by atoms with van der Waals surface area (Å²) in [5, 5.41) is 3.56. The van der Waals surface area contributed by atoms with Crippen molar-refractivity contribution in [1.82, 2.24) is 0 Å². The quantitative estimate of drug-likeness (QED) is 0.307. The van der Waals surface area contributed by atoms with Gasteiger partial charge in [-0.15, -0.1) is 0 Å². The largest absolute Gasteiger partial charge is 0.482 e. The lowest BCUT2D eigenvalue weighted by molar-refractivity contribution is 0.197. The third-order valence-electron chi connectivity index (χ3n) is 0.731. The first-order valence-electron chi connectivity index (χ1n) is 2.49. The lowest BCUT2D eigenvalue weighted by Crippen LogP contribution is -1.98. The molecule has 0 aliphatic carbocycles. The minimum absolute atomic E-state index is 0.618. The van der Waals surface area contributed by atoms with Gasteiger partial charge in [-0.05, 0) is 0 Å². The molecule has 0 bridgehead atoms. The maximum Gasteiger partial charge on any atom is 0.225 e. The molecule has 0 radical (unpaired) electrons. The number of methoxy groups -OCH3 is 1. The summed E-state index contributed by atoms with van der Waals surface area (Å²) in [6.07, 6.45) is 0.768. The molecular weight excluding hydrogens is 106 g/mol. The molecule has 0 aromatic rings. The molecule has 0 unspecified atom stereocenters. The maximum atomic E-state index is 4.76. The predicted octanol–water partition coefficient (Wildman–Crippen LogP) is 1.00. The Hall–Kier alpha value is -0.730. The fraction of sp³-hybridized carbons (Fsp3) is 0.800. The van der Waals surface area contributed by atoms with Crippen LogP contribution in [0.25, 0.3) is 0 Å². The molecule has 8 heavy (non-hydrogen) atoms. The molecule has 0 aliphatic heterocycles. The average molecular weight is 117 g/mol. The van der Waals surface area contributed by atoms with Gasteiger partial charge in [-0.3, -0.25) is 0 Å². The molecule has 48 valence electrons. The summed E-state index contributed by atoms with van der Waals surface area (Å²) in [5.41, 5.74) is 0. The zero-order valence-electron chi connectivity index (χ0n) is 5.47. The van der Waals surface area contributed by atoms with Crippen LogP contribution in [0.3, 0.4) is 0 Å². The van der Waals surface area contributed by atoms with Gasteiger partial charge in [0.2, 0.25) is 5.90 Å². The lowest BCUT2D eigenvalue weighted by atomic mass is 10.5. The van der Waals surface area contributed by atoms with Crippen LogP contribution < -0.4 is 0 Å². The van der Waals surface area contributed by atoms with E-state index in [-0.39, 0.29) is 0 Å². The second-order valence-electron chi connectivity index (χ2n) is 1.23. The summed E-state index contributed by atoms with van der Waals surface area (Å²) in [6, 6.07) is 0. The van der Waals surface area contributed by atoms with E-state index in [1.54, 1.807) is 7.11 Å². The second-order valence-corrected chi connectivity index (χ2v) is 1.23. The highest BCUT2D eigenvalue weighted by Crippen LogP contribution is 1.85. The average Bonchev–Trinajstić information content (AvgIpc) is 1.83. The molecule has 0 N–H and O–H groups in total. The molecule has 0 atom stereocenters. The van der Waals surface area contributed by atoms with Crippen molar-refractivity contribution in [3.8, 4) is 0 Å². The van der Waals surface area contributed by atoms with Crippen LogP contribution in [0.15, 0.2) is 5.16 Å². The molecule has 0 aromatic carbocycles. The SMILES string of the molecule is CCC(=NOC)OC. The summed E-state index contributed by atoms with van der Waals surface area (Å²) < 4.78 is 4.76. The van der Waals surface area contributed by atoms with E-state index in [2.05, 4.69) is 9.99 Å². The molecule has 0 fully saturated rings. The van der Waals surface area contributed by atoms with E-state index in [0.29, 0.717) is 5.90 Å².